The largest absolute Gasteiger partial charge is 0.490 e. The van der Waals surface area contributed by atoms with Crippen LogP contribution in [0.2, 0.25) is 5.02 Å². The third kappa shape index (κ3) is 4.42. The molecule has 1 aliphatic heterocycles. The average molecular weight is 459 g/mol. The van der Waals surface area contributed by atoms with Crippen molar-refractivity contribution in [3.63, 3.8) is 0 Å². The fraction of sp³-hybridized carbons (Fsp3) is 0.538. The van der Waals surface area contributed by atoms with Crippen molar-refractivity contribution < 1.29 is 24.8 Å². The van der Waals surface area contributed by atoms with Crippen molar-refractivity contribution in [1.82, 2.24) is 0 Å². The summed E-state index contributed by atoms with van der Waals surface area (Å²) < 4.78 is 12.0. The van der Waals surface area contributed by atoms with Crippen LogP contribution in [0.25, 0.3) is 0 Å². The molecule has 2 aromatic carbocycles. The second-order valence-corrected chi connectivity index (χ2v) is 10.2. The number of aliphatic hydroxyl groups excluding tert-OH is 3. The summed E-state index contributed by atoms with van der Waals surface area (Å²) in [7, 11) is 0. The Morgan fingerprint density at radius 2 is 1.81 bits per heavy atom. The first kappa shape index (κ1) is 22.2. The molecule has 6 heteroatoms. The SMILES string of the molecule is OC[C@H]1O[C@H](c2ccc(Cl)c(Cc3ccc(OC4CC5(CCC5)C4)cc3)c2)C[C@@H](O)[C@@H]1O. The molecular weight excluding hydrogens is 428 g/mol. The van der Waals surface area contributed by atoms with E-state index in [-0.39, 0.29) is 13.0 Å². The van der Waals surface area contributed by atoms with E-state index < -0.39 is 24.4 Å². The molecule has 2 aliphatic carbocycles. The zero-order valence-electron chi connectivity index (χ0n) is 18.1. The van der Waals surface area contributed by atoms with Crippen LogP contribution >= 0.6 is 11.6 Å². The molecule has 5 rings (SSSR count). The Morgan fingerprint density at radius 1 is 1.06 bits per heavy atom. The second kappa shape index (κ2) is 8.96. The Balaban J connectivity index is 1.23. The predicted molar refractivity (Wildman–Crippen MR) is 122 cm³/mol. The Bertz CT molecular complexity index is 934. The number of halogens is 1. The quantitative estimate of drug-likeness (QED) is 0.605. The maximum atomic E-state index is 10.1. The van der Waals surface area contributed by atoms with E-state index in [1.807, 2.05) is 30.3 Å². The van der Waals surface area contributed by atoms with E-state index in [9.17, 15) is 15.3 Å². The smallest absolute Gasteiger partial charge is 0.119 e. The minimum atomic E-state index is -1.08. The highest BCUT2D eigenvalue weighted by atomic mass is 35.5. The van der Waals surface area contributed by atoms with Crippen molar-refractivity contribution in [1.29, 1.82) is 0 Å². The zero-order valence-corrected chi connectivity index (χ0v) is 18.9. The predicted octanol–water partition coefficient (Wildman–Crippen LogP) is 4.19. The van der Waals surface area contributed by atoms with Gasteiger partial charge in [-0.1, -0.05) is 42.3 Å². The molecule has 0 amide bonds. The number of aliphatic hydroxyl groups is 3. The van der Waals surface area contributed by atoms with E-state index in [1.165, 1.54) is 32.1 Å². The monoisotopic (exact) mass is 458 g/mol. The molecule has 3 N–H and O–H groups in total. The third-order valence-electron chi connectivity index (χ3n) is 7.55. The lowest BCUT2D eigenvalue weighted by Gasteiger charge is -2.53. The third-order valence-corrected chi connectivity index (χ3v) is 7.92. The van der Waals surface area contributed by atoms with E-state index in [2.05, 4.69) is 12.1 Å². The van der Waals surface area contributed by atoms with Crippen LogP contribution in [-0.2, 0) is 11.2 Å². The molecule has 1 spiro atoms. The van der Waals surface area contributed by atoms with Gasteiger partial charge in [0.2, 0.25) is 0 Å². The van der Waals surface area contributed by atoms with Gasteiger partial charge in [-0.3, -0.25) is 0 Å². The van der Waals surface area contributed by atoms with Gasteiger partial charge in [-0.2, -0.15) is 0 Å². The summed E-state index contributed by atoms with van der Waals surface area (Å²) in [6, 6.07) is 13.9. The van der Waals surface area contributed by atoms with Crippen molar-refractivity contribution in [3.05, 3.63) is 64.2 Å². The van der Waals surface area contributed by atoms with E-state index in [4.69, 9.17) is 21.1 Å². The fourth-order valence-electron chi connectivity index (χ4n) is 5.42. The first-order chi connectivity index (χ1) is 15.4. The molecule has 0 bridgehead atoms. The Morgan fingerprint density at radius 3 is 2.47 bits per heavy atom. The van der Waals surface area contributed by atoms with Gasteiger partial charge < -0.3 is 24.8 Å². The maximum Gasteiger partial charge on any atom is 0.119 e. The molecule has 3 aliphatic rings. The van der Waals surface area contributed by atoms with Gasteiger partial charge in [0.05, 0.1) is 24.9 Å². The lowest BCUT2D eigenvalue weighted by molar-refractivity contribution is -0.181. The Kier molecular flexibility index (Phi) is 6.21. The van der Waals surface area contributed by atoms with Crippen LogP contribution in [-0.4, -0.2) is 46.3 Å². The van der Waals surface area contributed by atoms with Gasteiger partial charge >= 0.3 is 0 Å². The molecule has 2 aromatic rings. The van der Waals surface area contributed by atoms with E-state index in [0.29, 0.717) is 23.0 Å². The molecule has 5 nitrogen and oxygen atoms in total. The van der Waals surface area contributed by atoms with Gasteiger partial charge in [0, 0.05) is 11.4 Å². The topological polar surface area (TPSA) is 79.2 Å². The van der Waals surface area contributed by atoms with Gasteiger partial charge in [0.15, 0.2) is 0 Å². The second-order valence-electron chi connectivity index (χ2n) is 9.81. The summed E-state index contributed by atoms with van der Waals surface area (Å²) in [4.78, 5) is 0. The zero-order chi connectivity index (χ0) is 22.3. The molecule has 4 atom stereocenters. The summed E-state index contributed by atoms with van der Waals surface area (Å²) in [5.74, 6) is 0.922. The van der Waals surface area contributed by atoms with Gasteiger partial charge in [0.1, 0.15) is 18.0 Å². The van der Waals surface area contributed by atoms with Crippen LogP contribution in [0.1, 0.15) is 61.3 Å². The van der Waals surface area contributed by atoms with E-state index in [1.54, 1.807) is 0 Å². The molecule has 0 radical (unpaired) electrons. The number of benzene rings is 2. The average Bonchev–Trinajstić information content (AvgIpc) is 2.73. The highest BCUT2D eigenvalue weighted by molar-refractivity contribution is 6.31. The van der Waals surface area contributed by atoms with Crippen molar-refractivity contribution >= 4 is 11.6 Å². The van der Waals surface area contributed by atoms with Crippen molar-refractivity contribution in [2.75, 3.05) is 6.61 Å². The van der Waals surface area contributed by atoms with E-state index in [0.717, 1.165) is 22.4 Å². The number of ether oxygens (including phenoxy) is 2. The molecule has 2 saturated carbocycles. The lowest BCUT2D eigenvalue weighted by atomic mass is 9.55. The standard InChI is InChI=1S/C26H31ClO5/c27-21-7-4-17(23-12-22(29)25(30)24(15-28)32-23)11-18(21)10-16-2-5-19(6-3-16)31-20-13-26(14-20)8-1-9-26/h2-7,11,20,22-25,28-30H,1,8-10,12-15H2/t22-,23+,24-,25+/m1/s1. The summed E-state index contributed by atoms with van der Waals surface area (Å²) in [6.07, 6.45) is 4.59. The molecule has 32 heavy (non-hydrogen) atoms. The van der Waals surface area contributed by atoms with Gasteiger partial charge in [0.25, 0.3) is 0 Å². The van der Waals surface area contributed by atoms with Crippen LogP contribution in [0.5, 0.6) is 5.75 Å². The van der Waals surface area contributed by atoms with Crippen LogP contribution in [0.15, 0.2) is 42.5 Å². The highest BCUT2D eigenvalue weighted by Gasteiger charge is 2.49. The fourth-order valence-corrected chi connectivity index (χ4v) is 5.61. The summed E-state index contributed by atoms with van der Waals surface area (Å²) in [5.41, 5.74) is 3.59. The van der Waals surface area contributed by atoms with Crippen LogP contribution in [0.3, 0.4) is 0 Å². The number of hydrogen-bond donors (Lipinski definition) is 3. The summed E-state index contributed by atoms with van der Waals surface area (Å²) >= 11 is 6.47. The first-order valence-corrected chi connectivity index (χ1v) is 12.0. The molecule has 1 saturated heterocycles. The highest BCUT2D eigenvalue weighted by Crippen LogP contribution is 2.56. The van der Waals surface area contributed by atoms with Gasteiger partial charge in [-0.15, -0.1) is 0 Å². The molecule has 3 fully saturated rings. The van der Waals surface area contributed by atoms with Crippen molar-refractivity contribution in [3.8, 4) is 5.75 Å². The minimum absolute atomic E-state index is 0.271. The molecular formula is C26H31ClO5. The van der Waals surface area contributed by atoms with Crippen LogP contribution in [0, 0.1) is 5.41 Å². The van der Waals surface area contributed by atoms with Gasteiger partial charge in [-0.25, -0.2) is 0 Å². The summed E-state index contributed by atoms with van der Waals surface area (Å²) in [5, 5.41) is 30.2. The van der Waals surface area contributed by atoms with Crippen molar-refractivity contribution in [2.24, 2.45) is 5.41 Å². The minimum Gasteiger partial charge on any atom is -0.490 e. The molecule has 0 aromatic heterocycles. The number of rotatable bonds is 6. The van der Waals surface area contributed by atoms with Crippen LogP contribution < -0.4 is 4.74 Å². The molecule has 1 heterocycles. The molecule has 172 valence electrons. The normalized spacial score (nSPS) is 29.4. The maximum absolute atomic E-state index is 10.1. The summed E-state index contributed by atoms with van der Waals surface area (Å²) in [6.45, 7) is -0.342. The van der Waals surface area contributed by atoms with Gasteiger partial charge in [-0.05, 0) is 72.4 Å². The van der Waals surface area contributed by atoms with Crippen LogP contribution in [0.4, 0.5) is 0 Å². The van der Waals surface area contributed by atoms with Crippen molar-refractivity contribution in [2.45, 2.75) is 75.5 Å². The van der Waals surface area contributed by atoms with E-state index >= 15 is 0 Å². The lowest BCUT2D eigenvalue weighted by Crippen LogP contribution is -2.48. The number of hydrogen-bond acceptors (Lipinski definition) is 5. The molecule has 0 unspecified atom stereocenters. The Labute approximate surface area is 193 Å². The first-order valence-electron chi connectivity index (χ1n) is 11.6. The Hall–Kier alpha value is -1.63.